The zero-order chi connectivity index (χ0) is 17.7. The molecular formula is C14H22FN5O3S. The van der Waals surface area contributed by atoms with Gasteiger partial charge in [0.2, 0.25) is 0 Å². The average molecular weight is 359 g/mol. The molecule has 2 amide bonds. The molecule has 1 aliphatic rings. The van der Waals surface area contributed by atoms with E-state index in [1.165, 1.54) is 20.2 Å². The first-order valence-corrected chi connectivity index (χ1v) is 8.93. The van der Waals surface area contributed by atoms with Gasteiger partial charge in [-0.15, -0.1) is 0 Å². The summed E-state index contributed by atoms with van der Waals surface area (Å²) in [7, 11) is -0.785. The monoisotopic (exact) mass is 359 g/mol. The largest absolute Gasteiger partial charge is 0.336 e. The quantitative estimate of drug-likeness (QED) is 0.601. The van der Waals surface area contributed by atoms with Crippen molar-refractivity contribution in [3.05, 3.63) is 24.3 Å². The standard InChI is InChI=1S/C14H22FN5O3S/c1-20(2)24(22,23)19-12-5-3-4-11(7-12)18-14(21)17-9-13-6-10(15)8-16-13/h3-5,7,10,13,16,19H,6,8-9H2,1-2H3,(H2,17,18,21)/t10-,13-/m0/s1. The van der Waals surface area contributed by atoms with Crippen LogP contribution in [0.3, 0.4) is 0 Å². The average Bonchev–Trinajstić information content (AvgIpc) is 2.90. The third-order valence-electron chi connectivity index (χ3n) is 3.53. The lowest BCUT2D eigenvalue weighted by Crippen LogP contribution is -2.39. The van der Waals surface area contributed by atoms with E-state index in [0.29, 0.717) is 30.9 Å². The lowest BCUT2D eigenvalue weighted by atomic mass is 10.2. The van der Waals surface area contributed by atoms with Crippen LogP contribution in [0.1, 0.15) is 6.42 Å². The first-order valence-electron chi connectivity index (χ1n) is 7.49. The molecule has 1 heterocycles. The second-order valence-corrected chi connectivity index (χ2v) is 7.63. The highest BCUT2D eigenvalue weighted by molar-refractivity contribution is 7.90. The fourth-order valence-electron chi connectivity index (χ4n) is 2.22. The number of anilines is 2. The van der Waals surface area contributed by atoms with Crippen LogP contribution in [0.25, 0.3) is 0 Å². The number of benzene rings is 1. The van der Waals surface area contributed by atoms with Crippen molar-refractivity contribution in [2.75, 3.05) is 37.2 Å². The molecule has 1 aliphatic heterocycles. The summed E-state index contributed by atoms with van der Waals surface area (Å²) in [5.41, 5.74) is 0.772. The molecule has 0 spiro atoms. The molecule has 4 N–H and O–H groups in total. The summed E-state index contributed by atoms with van der Waals surface area (Å²) in [6.45, 7) is 0.626. The second-order valence-electron chi connectivity index (χ2n) is 5.74. The highest BCUT2D eigenvalue weighted by atomic mass is 32.2. The van der Waals surface area contributed by atoms with Gasteiger partial charge in [-0.1, -0.05) is 6.07 Å². The van der Waals surface area contributed by atoms with Gasteiger partial charge in [0.05, 0.1) is 5.69 Å². The number of nitrogens with one attached hydrogen (secondary N) is 4. The first kappa shape index (κ1) is 18.4. The second kappa shape index (κ2) is 7.77. The number of amides is 2. The fraction of sp³-hybridized carbons (Fsp3) is 0.500. The molecule has 8 nitrogen and oxygen atoms in total. The van der Waals surface area contributed by atoms with Crippen LogP contribution < -0.4 is 20.7 Å². The van der Waals surface area contributed by atoms with Gasteiger partial charge in [-0.25, -0.2) is 9.18 Å². The van der Waals surface area contributed by atoms with Crippen molar-refractivity contribution in [1.29, 1.82) is 0 Å². The van der Waals surface area contributed by atoms with Gasteiger partial charge >= 0.3 is 16.2 Å². The minimum atomic E-state index is -3.61. The summed E-state index contributed by atoms with van der Waals surface area (Å²) in [6.07, 6.45) is -0.497. The molecule has 24 heavy (non-hydrogen) atoms. The predicted molar refractivity (Wildman–Crippen MR) is 91.0 cm³/mol. The summed E-state index contributed by atoms with van der Waals surface area (Å²) in [6, 6.07) is 5.82. The van der Waals surface area contributed by atoms with Gasteiger partial charge < -0.3 is 16.0 Å². The summed E-state index contributed by atoms with van der Waals surface area (Å²) < 4.78 is 40.0. The Morgan fingerprint density at radius 1 is 1.38 bits per heavy atom. The summed E-state index contributed by atoms with van der Waals surface area (Å²) >= 11 is 0. The van der Waals surface area contributed by atoms with Crippen LogP contribution in [-0.2, 0) is 10.2 Å². The first-order chi connectivity index (χ1) is 11.3. The van der Waals surface area contributed by atoms with E-state index in [-0.39, 0.29) is 6.04 Å². The van der Waals surface area contributed by atoms with Crippen LogP contribution in [0.2, 0.25) is 0 Å². The Bertz CT molecular complexity index is 683. The molecule has 0 aromatic heterocycles. The van der Waals surface area contributed by atoms with E-state index in [1.807, 2.05) is 0 Å². The number of halogens is 1. The molecule has 10 heteroatoms. The maximum atomic E-state index is 13.0. The number of alkyl halides is 1. The van der Waals surface area contributed by atoms with E-state index >= 15 is 0 Å². The van der Waals surface area contributed by atoms with Gasteiger partial charge in [0.15, 0.2) is 0 Å². The molecule has 0 bridgehead atoms. The van der Waals surface area contributed by atoms with Crippen LogP contribution in [-0.4, -0.2) is 58.2 Å². The zero-order valence-corrected chi connectivity index (χ0v) is 14.4. The number of carbonyl (C=O) groups excluding carboxylic acids is 1. The Hall–Kier alpha value is -1.91. The van der Waals surface area contributed by atoms with Gasteiger partial charge in [-0.3, -0.25) is 4.72 Å². The van der Waals surface area contributed by atoms with Crippen LogP contribution in [0.15, 0.2) is 24.3 Å². The van der Waals surface area contributed by atoms with Crippen molar-refractivity contribution in [3.63, 3.8) is 0 Å². The Morgan fingerprint density at radius 2 is 2.08 bits per heavy atom. The van der Waals surface area contributed by atoms with Gasteiger partial charge in [0.1, 0.15) is 6.17 Å². The number of nitrogens with zero attached hydrogens (tertiary/aromatic N) is 1. The molecule has 2 rings (SSSR count). The molecule has 2 atom stereocenters. The maximum Gasteiger partial charge on any atom is 0.319 e. The third-order valence-corrected chi connectivity index (χ3v) is 4.98. The number of rotatable bonds is 6. The zero-order valence-electron chi connectivity index (χ0n) is 13.5. The van der Waals surface area contributed by atoms with E-state index in [1.54, 1.807) is 18.2 Å². The van der Waals surface area contributed by atoms with Gasteiger partial charge in [0.25, 0.3) is 0 Å². The molecule has 1 aromatic carbocycles. The number of hydrogen-bond acceptors (Lipinski definition) is 4. The van der Waals surface area contributed by atoms with Crippen LogP contribution >= 0.6 is 0 Å². The van der Waals surface area contributed by atoms with E-state index < -0.39 is 22.4 Å². The third kappa shape index (κ3) is 5.32. The molecule has 1 saturated heterocycles. The molecule has 0 radical (unpaired) electrons. The van der Waals surface area contributed by atoms with Gasteiger partial charge in [-0.2, -0.15) is 12.7 Å². The predicted octanol–water partition coefficient (Wildman–Crippen LogP) is 0.726. The summed E-state index contributed by atoms with van der Waals surface area (Å²) in [5, 5.41) is 8.24. The van der Waals surface area contributed by atoms with Crippen molar-refractivity contribution < 1.29 is 17.6 Å². The molecule has 1 fully saturated rings. The SMILES string of the molecule is CN(C)S(=O)(=O)Nc1cccc(NC(=O)NC[C@@H]2C[C@H](F)CN2)c1. The molecule has 134 valence electrons. The highest BCUT2D eigenvalue weighted by Gasteiger charge is 2.23. The maximum absolute atomic E-state index is 13.0. The smallest absolute Gasteiger partial charge is 0.319 e. The highest BCUT2D eigenvalue weighted by Crippen LogP contribution is 2.17. The normalized spacial score (nSPS) is 20.8. The van der Waals surface area contributed by atoms with Gasteiger partial charge in [0, 0.05) is 38.9 Å². The van der Waals surface area contributed by atoms with Crippen LogP contribution in [0.5, 0.6) is 0 Å². The Morgan fingerprint density at radius 3 is 2.71 bits per heavy atom. The Balaban J connectivity index is 1.88. The van der Waals surface area contributed by atoms with E-state index in [0.717, 1.165) is 4.31 Å². The number of carbonyl (C=O) groups is 1. The Kier molecular flexibility index (Phi) is 5.97. The van der Waals surface area contributed by atoms with Crippen molar-refractivity contribution in [3.8, 4) is 0 Å². The minimum absolute atomic E-state index is 0.0796. The van der Waals surface area contributed by atoms with Crippen molar-refractivity contribution >= 4 is 27.6 Å². The summed E-state index contributed by atoms with van der Waals surface area (Å²) in [5.74, 6) is 0. The topological polar surface area (TPSA) is 103 Å². The van der Waals surface area contributed by atoms with E-state index in [2.05, 4.69) is 20.7 Å². The van der Waals surface area contributed by atoms with E-state index in [9.17, 15) is 17.6 Å². The fourth-order valence-corrected chi connectivity index (χ4v) is 2.82. The molecule has 1 aromatic rings. The van der Waals surface area contributed by atoms with Crippen molar-refractivity contribution in [1.82, 2.24) is 14.9 Å². The molecule has 0 aliphatic carbocycles. The van der Waals surface area contributed by atoms with Crippen molar-refractivity contribution in [2.24, 2.45) is 0 Å². The van der Waals surface area contributed by atoms with Crippen molar-refractivity contribution in [2.45, 2.75) is 18.6 Å². The minimum Gasteiger partial charge on any atom is -0.336 e. The van der Waals surface area contributed by atoms with Crippen LogP contribution in [0, 0.1) is 0 Å². The lowest BCUT2D eigenvalue weighted by molar-refractivity contribution is 0.251. The molecule has 0 unspecified atom stereocenters. The van der Waals surface area contributed by atoms with E-state index in [4.69, 9.17) is 0 Å². The number of hydrogen-bond donors (Lipinski definition) is 4. The van der Waals surface area contributed by atoms with Crippen LogP contribution in [0.4, 0.5) is 20.6 Å². The van der Waals surface area contributed by atoms with Gasteiger partial charge in [-0.05, 0) is 24.6 Å². The molecular weight excluding hydrogens is 337 g/mol. The number of urea groups is 1. The Labute approximate surface area is 141 Å². The molecule has 0 saturated carbocycles. The summed E-state index contributed by atoms with van der Waals surface area (Å²) in [4.78, 5) is 11.9. The lowest BCUT2D eigenvalue weighted by Gasteiger charge is -2.15.